The van der Waals surface area contributed by atoms with Gasteiger partial charge >= 0.3 is 0 Å². The maximum absolute atomic E-state index is 9.12. The molecule has 0 radical (unpaired) electrons. The molecule has 6 heteroatoms. The van der Waals surface area contributed by atoms with Gasteiger partial charge in [-0.25, -0.2) is 4.98 Å². The van der Waals surface area contributed by atoms with Gasteiger partial charge in [0.25, 0.3) is 0 Å². The van der Waals surface area contributed by atoms with Crippen LogP contribution < -0.4 is 10.1 Å². The minimum absolute atomic E-state index is 0.106. The van der Waals surface area contributed by atoms with Gasteiger partial charge in [-0.05, 0) is 43.7 Å². The number of thiophene rings is 1. The zero-order chi connectivity index (χ0) is 20.2. The highest BCUT2D eigenvalue weighted by Crippen LogP contribution is 2.34. The minimum atomic E-state index is 0.106. The van der Waals surface area contributed by atoms with Crippen molar-refractivity contribution in [1.29, 1.82) is 5.26 Å². The van der Waals surface area contributed by atoms with Crippen LogP contribution in [0, 0.1) is 11.3 Å². The lowest BCUT2D eigenvalue weighted by Gasteiger charge is -2.12. The van der Waals surface area contributed by atoms with Gasteiger partial charge in [0.15, 0.2) is 0 Å². The van der Waals surface area contributed by atoms with Gasteiger partial charge < -0.3 is 10.1 Å². The van der Waals surface area contributed by atoms with Crippen molar-refractivity contribution in [2.45, 2.75) is 26.5 Å². The van der Waals surface area contributed by atoms with Crippen LogP contribution >= 0.6 is 11.3 Å². The van der Waals surface area contributed by atoms with E-state index in [-0.39, 0.29) is 6.10 Å². The Labute approximate surface area is 173 Å². The van der Waals surface area contributed by atoms with Gasteiger partial charge in [-0.3, -0.25) is 4.98 Å². The van der Waals surface area contributed by atoms with Crippen molar-refractivity contribution < 1.29 is 4.74 Å². The van der Waals surface area contributed by atoms with Gasteiger partial charge in [0.05, 0.1) is 17.3 Å². The van der Waals surface area contributed by atoms with Crippen LogP contribution in [0.5, 0.6) is 5.88 Å². The van der Waals surface area contributed by atoms with E-state index in [0.717, 1.165) is 32.6 Å². The number of pyridine rings is 2. The van der Waals surface area contributed by atoms with E-state index >= 15 is 0 Å². The summed E-state index contributed by atoms with van der Waals surface area (Å²) in [5.41, 5.74) is 4.02. The number of hydrogen-bond acceptors (Lipinski definition) is 6. The Morgan fingerprint density at radius 1 is 1.10 bits per heavy atom. The highest BCUT2D eigenvalue weighted by atomic mass is 32.1. The molecular weight excluding hydrogens is 380 g/mol. The minimum Gasteiger partial charge on any atom is -0.475 e. The molecule has 0 atom stereocenters. The summed E-state index contributed by atoms with van der Waals surface area (Å²) in [6, 6.07) is 18.1. The first-order valence-corrected chi connectivity index (χ1v) is 10.2. The lowest BCUT2D eigenvalue weighted by atomic mass is 10.1. The van der Waals surface area contributed by atoms with E-state index in [1.54, 1.807) is 0 Å². The van der Waals surface area contributed by atoms with Gasteiger partial charge in [-0.2, -0.15) is 5.26 Å². The predicted molar refractivity (Wildman–Crippen MR) is 117 cm³/mol. The second-order valence-electron chi connectivity index (χ2n) is 6.86. The Balaban J connectivity index is 1.58. The van der Waals surface area contributed by atoms with Crippen LogP contribution in [0.2, 0.25) is 0 Å². The fourth-order valence-electron chi connectivity index (χ4n) is 3.10. The van der Waals surface area contributed by atoms with Crippen molar-refractivity contribution in [3.8, 4) is 22.4 Å². The third kappa shape index (κ3) is 4.20. The predicted octanol–water partition coefficient (Wildman–Crippen LogP) is 5.63. The van der Waals surface area contributed by atoms with Gasteiger partial charge in [0, 0.05) is 40.8 Å². The summed E-state index contributed by atoms with van der Waals surface area (Å²) >= 11 is 1.49. The van der Waals surface area contributed by atoms with Crippen molar-refractivity contribution in [3.05, 3.63) is 71.4 Å². The summed E-state index contributed by atoms with van der Waals surface area (Å²) < 4.78 is 5.59. The molecule has 5 nitrogen and oxygen atoms in total. The Hall–Kier alpha value is -3.43. The molecule has 0 saturated carbocycles. The smallest absolute Gasteiger partial charge is 0.213 e. The van der Waals surface area contributed by atoms with E-state index in [4.69, 9.17) is 10.00 Å². The zero-order valence-electron chi connectivity index (χ0n) is 16.2. The molecule has 0 amide bonds. The summed E-state index contributed by atoms with van der Waals surface area (Å²) in [4.78, 5) is 10.7. The quantitative estimate of drug-likeness (QED) is 0.454. The van der Waals surface area contributed by atoms with E-state index in [2.05, 4.69) is 27.4 Å². The number of benzene rings is 1. The molecule has 144 valence electrons. The number of anilines is 1. The molecule has 3 heterocycles. The van der Waals surface area contributed by atoms with Crippen LogP contribution in [0.1, 0.15) is 24.3 Å². The molecule has 1 N–H and O–H groups in total. The van der Waals surface area contributed by atoms with Crippen LogP contribution in [-0.4, -0.2) is 16.1 Å². The average molecular weight is 401 g/mol. The molecule has 0 aliphatic rings. The standard InChI is InChI=1S/C23H20N4OS/c1-15(2)28-22-9-6-16(14-27-22)13-26-20-5-3-4-19-18(10-11-25-23(19)20)21-8-7-17(12-24)29-21/h3-11,14-15,26H,13H2,1-2H3. The molecule has 4 aromatic rings. The Kier molecular flexibility index (Phi) is 5.41. The van der Waals surface area contributed by atoms with Gasteiger partial charge in [0.2, 0.25) is 5.88 Å². The number of aromatic nitrogens is 2. The van der Waals surface area contributed by atoms with Crippen molar-refractivity contribution in [3.63, 3.8) is 0 Å². The first-order valence-electron chi connectivity index (χ1n) is 9.37. The number of nitriles is 1. The van der Waals surface area contributed by atoms with E-state index in [1.165, 1.54) is 11.3 Å². The van der Waals surface area contributed by atoms with Crippen molar-refractivity contribution in [1.82, 2.24) is 9.97 Å². The number of nitrogens with zero attached hydrogens (tertiary/aromatic N) is 3. The van der Waals surface area contributed by atoms with Crippen LogP contribution in [-0.2, 0) is 6.54 Å². The third-order valence-electron chi connectivity index (χ3n) is 4.39. The topological polar surface area (TPSA) is 70.8 Å². The summed E-state index contributed by atoms with van der Waals surface area (Å²) in [5, 5.41) is 13.6. The zero-order valence-corrected chi connectivity index (χ0v) is 17.0. The van der Waals surface area contributed by atoms with Crippen molar-refractivity contribution in [2.24, 2.45) is 0 Å². The molecule has 0 aliphatic carbocycles. The normalized spacial score (nSPS) is 10.8. The Morgan fingerprint density at radius 3 is 2.72 bits per heavy atom. The lowest BCUT2D eigenvalue weighted by Crippen LogP contribution is -2.07. The van der Waals surface area contributed by atoms with E-state index in [1.807, 2.05) is 68.7 Å². The molecule has 0 spiro atoms. The number of ether oxygens (including phenoxy) is 1. The third-order valence-corrected chi connectivity index (χ3v) is 5.41. The van der Waals surface area contributed by atoms with Crippen LogP contribution in [0.15, 0.2) is 60.9 Å². The molecular formula is C23H20N4OS. The van der Waals surface area contributed by atoms with Gasteiger partial charge in [-0.1, -0.05) is 18.2 Å². The van der Waals surface area contributed by atoms with Crippen LogP contribution in [0.4, 0.5) is 5.69 Å². The fourth-order valence-corrected chi connectivity index (χ4v) is 3.94. The number of fused-ring (bicyclic) bond motifs is 1. The average Bonchev–Trinajstić information content (AvgIpc) is 3.21. The Bertz CT molecular complexity index is 1180. The lowest BCUT2D eigenvalue weighted by molar-refractivity contribution is 0.232. The second-order valence-corrected chi connectivity index (χ2v) is 7.94. The molecule has 0 saturated heterocycles. The molecule has 29 heavy (non-hydrogen) atoms. The largest absolute Gasteiger partial charge is 0.475 e. The molecule has 1 aromatic carbocycles. The van der Waals surface area contributed by atoms with Gasteiger partial charge in [-0.15, -0.1) is 11.3 Å². The Morgan fingerprint density at radius 2 is 2.00 bits per heavy atom. The summed E-state index contributed by atoms with van der Waals surface area (Å²) in [6.07, 6.45) is 3.74. The number of rotatable bonds is 6. The van der Waals surface area contributed by atoms with E-state index in [0.29, 0.717) is 17.3 Å². The fraction of sp³-hybridized carbons (Fsp3) is 0.174. The van der Waals surface area contributed by atoms with Crippen molar-refractivity contribution >= 4 is 27.9 Å². The maximum Gasteiger partial charge on any atom is 0.213 e. The SMILES string of the molecule is CC(C)Oc1ccc(CNc2cccc3c(-c4ccc(C#N)s4)ccnc23)cn1. The molecule has 0 aliphatic heterocycles. The molecule has 4 rings (SSSR count). The first-order chi connectivity index (χ1) is 14.1. The first kappa shape index (κ1) is 18.9. The number of para-hydroxylation sites is 1. The summed E-state index contributed by atoms with van der Waals surface area (Å²) in [5.74, 6) is 0.632. The molecule has 3 aromatic heterocycles. The van der Waals surface area contributed by atoms with Crippen LogP contribution in [0.25, 0.3) is 21.3 Å². The molecule has 0 unspecified atom stereocenters. The number of nitrogens with one attached hydrogen (secondary N) is 1. The van der Waals surface area contributed by atoms with E-state index < -0.39 is 0 Å². The summed E-state index contributed by atoms with van der Waals surface area (Å²) in [7, 11) is 0. The molecule has 0 bridgehead atoms. The maximum atomic E-state index is 9.12. The van der Waals surface area contributed by atoms with E-state index in [9.17, 15) is 0 Å². The second kappa shape index (κ2) is 8.29. The monoisotopic (exact) mass is 400 g/mol. The number of hydrogen-bond donors (Lipinski definition) is 1. The van der Waals surface area contributed by atoms with Crippen molar-refractivity contribution in [2.75, 3.05) is 5.32 Å². The van der Waals surface area contributed by atoms with Crippen LogP contribution in [0.3, 0.4) is 0 Å². The van der Waals surface area contributed by atoms with Gasteiger partial charge in [0.1, 0.15) is 10.9 Å². The highest BCUT2D eigenvalue weighted by Gasteiger charge is 2.10. The summed E-state index contributed by atoms with van der Waals surface area (Å²) in [6.45, 7) is 4.60. The molecule has 0 fully saturated rings. The highest BCUT2D eigenvalue weighted by molar-refractivity contribution is 7.16.